The van der Waals surface area contributed by atoms with Crippen LogP contribution in [0.25, 0.3) is 0 Å². The summed E-state index contributed by atoms with van der Waals surface area (Å²) in [6.07, 6.45) is -4.38. The molecule has 0 amide bonds. The molecule has 0 spiro atoms. The highest BCUT2D eigenvalue weighted by Crippen LogP contribution is 2.24. The monoisotopic (exact) mass is 293 g/mol. The van der Waals surface area contributed by atoms with Crippen molar-refractivity contribution in [3.05, 3.63) is 16.3 Å². The Bertz CT molecular complexity index is 467. The van der Waals surface area contributed by atoms with Crippen LogP contribution in [0.4, 0.5) is 30.6 Å². The lowest BCUT2D eigenvalue weighted by molar-refractivity contribution is -0.384. The largest absolute Gasteiger partial charge is 0.389 e. The Balaban J connectivity index is 2.70. The van der Waals surface area contributed by atoms with Gasteiger partial charge in [0, 0.05) is 19.5 Å². The van der Waals surface area contributed by atoms with E-state index in [1.807, 2.05) is 0 Å². The van der Waals surface area contributed by atoms with Gasteiger partial charge in [0.25, 0.3) is 0 Å². The lowest BCUT2D eigenvalue weighted by atomic mass is 10.3. The highest BCUT2D eigenvalue weighted by Gasteiger charge is 2.26. The zero-order valence-corrected chi connectivity index (χ0v) is 10.7. The average molecular weight is 293 g/mol. The summed E-state index contributed by atoms with van der Waals surface area (Å²) in [4.78, 5) is 17.7. The smallest absolute Gasteiger partial charge is 0.364 e. The van der Waals surface area contributed by atoms with Crippen molar-refractivity contribution in [1.82, 2.24) is 9.97 Å². The first kappa shape index (κ1) is 15.9. The number of rotatable bonds is 7. The van der Waals surface area contributed by atoms with Crippen LogP contribution in [-0.4, -0.2) is 34.2 Å². The van der Waals surface area contributed by atoms with Gasteiger partial charge in [-0.1, -0.05) is 0 Å². The van der Waals surface area contributed by atoms with Crippen LogP contribution in [-0.2, 0) is 0 Å². The number of halogens is 3. The summed E-state index contributed by atoms with van der Waals surface area (Å²) in [6.45, 7) is 2.25. The Hall–Kier alpha value is -2.13. The molecule has 0 aliphatic rings. The van der Waals surface area contributed by atoms with E-state index in [2.05, 4.69) is 20.6 Å². The normalized spacial score (nSPS) is 11.2. The van der Waals surface area contributed by atoms with Crippen molar-refractivity contribution < 1.29 is 18.1 Å². The summed E-state index contributed by atoms with van der Waals surface area (Å²) in [6, 6.07) is 0. The third-order valence-corrected chi connectivity index (χ3v) is 2.23. The van der Waals surface area contributed by atoms with Gasteiger partial charge >= 0.3 is 11.9 Å². The van der Waals surface area contributed by atoms with Gasteiger partial charge in [-0.2, -0.15) is 18.2 Å². The minimum absolute atomic E-state index is 0.0665. The fourth-order valence-electron chi connectivity index (χ4n) is 1.38. The van der Waals surface area contributed by atoms with Gasteiger partial charge in [0.2, 0.25) is 11.8 Å². The Labute approximate surface area is 112 Å². The number of hydrogen-bond acceptors (Lipinski definition) is 6. The number of nitrogens with zero attached hydrogens (tertiary/aromatic N) is 3. The van der Waals surface area contributed by atoms with E-state index in [0.717, 1.165) is 6.20 Å². The van der Waals surface area contributed by atoms with Crippen LogP contribution in [0.1, 0.15) is 19.8 Å². The predicted molar refractivity (Wildman–Crippen MR) is 66.6 cm³/mol. The van der Waals surface area contributed by atoms with Crippen molar-refractivity contribution in [2.75, 3.05) is 23.7 Å². The fourth-order valence-corrected chi connectivity index (χ4v) is 1.38. The van der Waals surface area contributed by atoms with Crippen LogP contribution < -0.4 is 10.6 Å². The molecule has 0 saturated heterocycles. The minimum Gasteiger partial charge on any atom is -0.364 e. The van der Waals surface area contributed by atoms with Gasteiger partial charge in [0.05, 0.1) is 4.92 Å². The number of hydrogen-bond donors (Lipinski definition) is 2. The zero-order chi connectivity index (χ0) is 15.2. The Morgan fingerprint density at radius 2 is 2.10 bits per heavy atom. The van der Waals surface area contributed by atoms with Gasteiger partial charge in [-0.25, -0.2) is 4.98 Å². The van der Waals surface area contributed by atoms with Crippen molar-refractivity contribution >= 4 is 17.5 Å². The molecule has 0 radical (unpaired) electrons. The molecule has 7 nitrogen and oxygen atoms in total. The lowest BCUT2D eigenvalue weighted by Crippen LogP contribution is -2.13. The molecule has 0 aliphatic carbocycles. The molecule has 112 valence electrons. The van der Waals surface area contributed by atoms with E-state index in [9.17, 15) is 23.3 Å². The van der Waals surface area contributed by atoms with Crippen LogP contribution in [0, 0.1) is 10.1 Å². The van der Waals surface area contributed by atoms with Crippen LogP contribution in [0.3, 0.4) is 0 Å². The van der Waals surface area contributed by atoms with Crippen molar-refractivity contribution in [3.63, 3.8) is 0 Å². The number of nitro groups is 1. The second kappa shape index (κ2) is 6.87. The second-order valence-electron chi connectivity index (χ2n) is 3.86. The van der Waals surface area contributed by atoms with E-state index in [-0.39, 0.29) is 30.4 Å². The molecule has 1 aromatic heterocycles. The Morgan fingerprint density at radius 1 is 1.40 bits per heavy atom. The fraction of sp³-hybridized carbons (Fsp3) is 0.600. The third kappa shape index (κ3) is 5.24. The molecule has 0 fully saturated rings. The first-order chi connectivity index (χ1) is 9.33. The van der Waals surface area contributed by atoms with Gasteiger partial charge in [-0.15, -0.1) is 0 Å². The van der Waals surface area contributed by atoms with Crippen molar-refractivity contribution in [2.24, 2.45) is 0 Å². The molecule has 0 bridgehead atoms. The van der Waals surface area contributed by atoms with Gasteiger partial charge in [-0.3, -0.25) is 10.1 Å². The molecular formula is C10H14F3N5O2. The summed E-state index contributed by atoms with van der Waals surface area (Å²) in [7, 11) is 0. The summed E-state index contributed by atoms with van der Waals surface area (Å²) in [5.41, 5.74) is -0.376. The van der Waals surface area contributed by atoms with Crippen molar-refractivity contribution in [3.8, 4) is 0 Å². The number of nitrogens with one attached hydrogen (secondary N) is 2. The average Bonchev–Trinajstić information content (AvgIpc) is 2.34. The van der Waals surface area contributed by atoms with Gasteiger partial charge in [0.15, 0.2) is 0 Å². The van der Waals surface area contributed by atoms with E-state index in [4.69, 9.17) is 0 Å². The summed E-state index contributed by atoms with van der Waals surface area (Å²) < 4.78 is 35.9. The predicted octanol–water partition coefficient (Wildman–Crippen LogP) is 2.57. The number of anilines is 2. The topological polar surface area (TPSA) is 93.0 Å². The maximum Gasteiger partial charge on any atom is 0.389 e. The molecule has 1 rings (SSSR count). The standard InChI is InChI=1S/C10H14F3N5O2/c1-2-14-9-16-6-7(18(19)20)8(17-9)15-5-3-4-10(11,12)13/h6H,2-5H2,1H3,(H2,14,15,16,17). The minimum atomic E-state index is -4.24. The molecule has 0 atom stereocenters. The highest BCUT2D eigenvalue weighted by molar-refractivity contribution is 5.56. The SMILES string of the molecule is CCNc1ncc([N+](=O)[O-])c(NCCCC(F)(F)F)n1. The van der Waals surface area contributed by atoms with Crippen molar-refractivity contribution in [2.45, 2.75) is 25.9 Å². The molecule has 0 aliphatic heterocycles. The zero-order valence-electron chi connectivity index (χ0n) is 10.7. The quantitative estimate of drug-likeness (QED) is 0.456. The van der Waals surface area contributed by atoms with Crippen LogP contribution in [0.15, 0.2) is 6.20 Å². The molecule has 0 saturated carbocycles. The van der Waals surface area contributed by atoms with Crippen molar-refractivity contribution in [1.29, 1.82) is 0 Å². The van der Waals surface area contributed by atoms with Gasteiger partial charge < -0.3 is 10.6 Å². The highest BCUT2D eigenvalue weighted by atomic mass is 19.4. The molecule has 0 unspecified atom stereocenters. The second-order valence-corrected chi connectivity index (χ2v) is 3.86. The van der Waals surface area contributed by atoms with Crippen LogP contribution >= 0.6 is 0 Å². The molecule has 20 heavy (non-hydrogen) atoms. The maximum atomic E-state index is 12.0. The summed E-state index contributed by atoms with van der Waals surface area (Å²) in [5.74, 6) is 0.0829. The first-order valence-electron chi connectivity index (χ1n) is 5.89. The summed E-state index contributed by atoms with van der Waals surface area (Å²) >= 11 is 0. The lowest BCUT2D eigenvalue weighted by Gasteiger charge is -2.09. The first-order valence-corrected chi connectivity index (χ1v) is 5.89. The van der Waals surface area contributed by atoms with Gasteiger partial charge in [-0.05, 0) is 13.3 Å². The summed E-state index contributed by atoms with van der Waals surface area (Å²) in [5, 5.41) is 16.1. The van der Waals surface area contributed by atoms with E-state index in [0.29, 0.717) is 6.54 Å². The molecule has 0 aromatic carbocycles. The van der Waals surface area contributed by atoms with E-state index in [1.54, 1.807) is 6.92 Å². The number of alkyl halides is 3. The van der Waals surface area contributed by atoms with Gasteiger partial charge in [0.1, 0.15) is 6.20 Å². The van der Waals surface area contributed by atoms with E-state index >= 15 is 0 Å². The molecule has 1 heterocycles. The van der Waals surface area contributed by atoms with E-state index in [1.165, 1.54) is 0 Å². The molecule has 10 heteroatoms. The third-order valence-electron chi connectivity index (χ3n) is 2.23. The van der Waals surface area contributed by atoms with E-state index < -0.39 is 17.5 Å². The Morgan fingerprint density at radius 3 is 2.65 bits per heavy atom. The maximum absolute atomic E-state index is 12.0. The van der Waals surface area contributed by atoms with Crippen LogP contribution in [0.2, 0.25) is 0 Å². The Kier molecular flexibility index (Phi) is 5.47. The number of aromatic nitrogens is 2. The molecular weight excluding hydrogens is 279 g/mol. The molecule has 2 N–H and O–H groups in total. The van der Waals surface area contributed by atoms with Crippen LogP contribution in [0.5, 0.6) is 0 Å². The molecule has 1 aromatic rings.